The lowest BCUT2D eigenvalue weighted by Gasteiger charge is -2.31. The first-order valence-corrected chi connectivity index (χ1v) is 27.6. The van der Waals surface area contributed by atoms with Gasteiger partial charge in [-0.25, -0.2) is 14.4 Å². The third-order valence-electron chi connectivity index (χ3n) is 14.5. The van der Waals surface area contributed by atoms with Gasteiger partial charge < -0.3 is 67.8 Å². The highest BCUT2D eigenvalue weighted by Crippen LogP contribution is 2.46. The number of anilines is 3. The van der Waals surface area contributed by atoms with Gasteiger partial charge in [-0.15, -0.1) is 11.6 Å². The summed E-state index contributed by atoms with van der Waals surface area (Å²) in [5.41, 5.74) is 13.8. The number of nitrogens with zero attached hydrogens (tertiary/aromatic N) is 4. The molecule has 0 saturated carbocycles. The van der Waals surface area contributed by atoms with Gasteiger partial charge in [0.05, 0.1) is 5.69 Å². The SMILES string of the molecule is CN1CCN(C(=O)Oc2cc3c(c4ccccc24)[C@H](CCl)CN3C(=O)c2cc3cc(NC(=O)c4ccc(NC(=O)[C@H](CCCNC(N)=O)NC(=O)[C@H](CCCNC(N)=O)NC(=O)CCCCCN5C(=O)C=CC5=O)cc4)ccc3[nH]2)CC1. The number of nitrogens with one attached hydrogen (secondary N) is 7. The molecule has 3 aliphatic rings. The quantitative estimate of drug-likeness (QED) is 0.0233. The molecule has 25 heteroatoms. The van der Waals surface area contributed by atoms with Crippen molar-refractivity contribution in [2.45, 2.75) is 69.4 Å². The molecule has 4 heterocycles. The van der Waals surface area contributed by atoms with E-state index in [4.69, 9.17) is 27.8 Å². The topological polar surface area (TPSA) is 333 Å². The number of nitrogens with two attached hydrogens (primary N) is 2. The van der Waals surface area contributed by atoms with E-state index in [2.05, 4.69) is 41.8 Å². The van der Waals surface area contributed by atoms with Gasteiger partial charge in [-0.3, -0.25) is 38.5 Å². The number of amides is 12. The van der Waals surface area contributed by atoms with Crippen molar-refractivity contribution in [3.8, 4) is 5.75 Å². The molecule has 82 heavy (non-hydrogen) atoms. The summed E-state index contributed by atoms with van der Waals surface area (Å²) in [6.07, 6.45) is 3.90. The van der Waals surface area contributed by atoms with Gasteiger partial charge in [-0.05, 0) is 105 Å². The van der Waals surface area contributed by atoms with Gasteiger partial charge in [0, 0.05) is 122 Å². The molecule has 0 bridgehead atoms. The van der Waals surface area contributed by atoms with Gasteiger partial charge in [0.25, 0.3) is 23.6 Å². The minimum absolute atomic E-state index is 0.0255. The van der Waals surface area contributed by atoms with Gasteiger partial charge in [0.2, 0.25) is 17.7 Å². The lowest BCUT2D eigenvalue weighted by molar-refractivity contribution is -0.137. The van der Waals surface area contributed by atoms with Crippen LogP contribution in [0.3, 0.4) is 0 Å². The van der Waals surface area contributed by atoms with Crippen LogP contribution in [0, 0.1) is 0 Å². The Balaban J connectivity index is 0.894. The summed E-state index contributed by atoms with van der Waals surface area (Å²) in [5.74, 6) is -2.97. The van der Waals surface area contributed by atoms with Crippen molar-refractivity contribution in [1.82, 2.24) is 41.0 Å². The van der Waals surface area contributed by atoms with Gasteiger partial charge in [0.1, 0.15) is 23.5 Å². The van der Waals surface area contributed by atoms with E-state index in [0.29, 0.717) is 66.9 Å². The Morgan fingerprint density at radius 3 is 2.02 bits per heavy atom. The second kappa shape index (κ2) is 27.4. The number of carbonyl (C=O) groups excluding carboxylic acids is 10. The highest BCUT2D eigenvalue weighted by Gasteiger charge is 2.37. The Bertz CT molecular complexity index is 3270. The van der Waals surface area contributed by atoms with Gasteiger partial charge >= 0.3 is 18.2 Å². The normalized spacial score (nSPS) is 15.7. The van der Waals surface area contributed by atoms with E-state index < -0.39 is 65.7 Å². The van der Waals surface area contributed by atoms with Crippen LogP contribution in [-0.4, -0.2) is 157 Å². The summed E-state index contributed by atoms with van der Waals surface area (Å²) in [4.78, 5) is 138. The van der Waals surface area contributed by atoms with E-state index in [0.717, 1.165) is 34.3 Å². The number of fused-ring (bicyclic) bond motifs is 4. The first kappa shape index (κ1) is 59.1. The Hall–Kier alpha value is -9.03. The molecule has 432 valence electrons. The maximum absolute atomic E-state index is 14.5. The number of hydrogen-bond acceptors (Lipinski definition) is 12. The number of rotatable bonds is 24. The van der Waals surface area contributed by atoms with E-state index >= 15 is 0 Å². The number of hydrogen-bond donors (Lipinski definition) is 9. The van der Waals surface area contributed by atoms with E-state index in [9.17, 15) is 47.9 Å². The summed E-state index contributed by atoms with van der Waals surface area (Å²) in [7, 11) is 2.00. The number of aromatic amines is 1. The van der Waals surface area contributed by atoms with E-state index in [1.54, 1.807) is 40.1 Å². The van der Waals surface area contributed by atoms with Crippen LogP contribution >= 0.6 is 11.6 Å². The minimum Gasteiger partial charge on any atom is -0.409 e. The lowest BCUT2D eigenvalue weighted by Crippen LogP contribution is -2.53. The predicted molar refractivity (Wildman–Crippen MR) is 307 cm³/mol. The third kappa shape index (κ3) is 15.0. The summed E-state index contributed by atoms with van der Waals surface area (Å²) in [6, 6.07) is 18.4. The van der Waals surface area contributed by atoms with Gasteiger partial charge in [0.15, 0.2) is 0 Å². The molecule has 4 aromatic carbocycles. The van der Waals surface area contributed by atoms with Crippen molar-refractivity contribution in [3.05, 3.63) is 108 Å². The Morgan fingerprint density at radius 2 is 1.37 bits per heavy atom. The third-order valence-corrected chi connectivity index (χ3v) is 14.8. The molecule has 5 aromatic rings. The van der Waals surface area contributed by atoms with Crippen molar-refractivity contribution in [2.75, 3.05) is 80.8 Å². The van der Waals surface area contributed by atoms with Crippen molar-refractivity contribution < 1.29 is 52.7 Å². The Morgan fingerprint density at radius 1 is 0.720 bits per heavy atom. The molecule has 11 N–H and O–H groups in total. The van der Waals surface area contributed by atoms with Crippen LogP contribution in [0.4, 0.5) is 31.4 Å². The highest BCUT2D eigenvalue weighted by molar-refractivity contribution is 6.19. The first-order valence-electron chi connectivity index (χ1n) is 27.1. The Labute approximate surface area is 477 Å². The first-order chi connectivity index (χ1) is 39.5. The van der Waals surface area contributed by atoms with Crippen LogP contribution in [0.5, 0.6) is 5.75 Å². The van der Waals surface area contributed by atoms with Crippen LogP contribution in [0.25, 0.3) is 21.7 Å². The maximum Gasteiger partial charge on any atom is 0.415 e. The monoisotopic (exact) mass is 1140 g/mol. The molecule has 0 aliphatic carbocycles. The Kier molecular flexibility index (Phi) is 19.8. The molecule has 8 rings (SSSR count). The lowest BCUT2D eigenvalue weighted by atomic mass is 9.95. The zero-order valence-corrected chi connectivity index (χ0v) is 46.0. The van der Waals surface area contributed by atoms with Crippen LogP contribution in [0.15, 0.2) is 91.0 Å². The number of carbonyl (C=O) groups is 10. The van der Waals surface area contributed by atoms with E-state index in [-0.39, 0.29) is 86.4 Å². The van der Waals surface area contributed by atoms with Crippen molar-refractivity contribution in [1.29, 1.82) is 0 Å². The molecule has 3 atom stereocenters. The number of benzene rings is 4. The van der Waals surface area contributed by atoms with Crippen LogP contribution in [0.2, 0.25) is 0 Å². The van der Waals surface area contributed by atoms with Crippen molar-refractivity contribution in [3.63, 3.8) is 0 Å². The average Bonchev–Trinajstić information content (AvgIpc) is 4.35. The summed E-state index contributed by atoms with van der Waals surface area (Å²) >= 11 is 6.56. The number of piperazine rings is 1. The summed E-state index contributed by atoms with van der Waals surface area (Å²) in [5, 5.41) is 18.2. The maximum atomic E-state index is 14.5. The second-order valence-corrected chi connectivity index (χ2v) is 20.6. The number of unbranched alkanes of at least 4 members (excludes halogenated alkanes) is 2. The molecule has 1 saturated heterocycles. The number of H-pyrrole nitrogens is 1. The number of urea groups is 2. The van der Waals surface area contributed by atoms with Crippen molar-refractivity contribution in [2.24, 2.45) is 11.5 Å². The number of halogens is 1. The standard InChI is InChI=1S/C57H66ClN13O11/c1-68-25-27-69(28-26-68)57(81)82-46-31-45-50(40-10-5-4-9-39(40)46)36(32-58)33-71(45)54(78)44-30-35-29-38(18-19-41(35)65-44)64-51(75)34-14-16-37(17-15-34)63-52(76)43(12-8-23-62-56(60)80)67-53(77)42(11-7-22-61-55(59)79)66-47(72)13-3-2-6-24-70-48(73)20-21-49(70)74/h4-5,9-10,14-21,29-31,36,42-43,65H,2-3,6-8,11-13,22-28,32-33H2,1H3,(H,63,76)(H,64,75)(H,66,72)(H,67,77)(H3,59,61,79)(H3,60,62,80)/t36-,42+,43+/m1/s1. The van der Waals surface area contributed by atoms with Crippen molar-refractivity contribution >= 4 is 110 Å². The fraction of sp³-hybridized carbons (Fsp3) is 0.368. The summed E-state index contributed by atoms with van der Waals surface area (Å²) in [6.45, 7) is 3.21. The van der Waals surface area contributed by atoms with E-state index in [1.807, 2.05) is 31.3 Å². The van der Waals surface area contributed by atoms with Crippen LogP contribution in [-0.2, 0) is 24.0 Å². The molecule has 1 aromatic heterocycles. The fourth-order valence-corrected chi connectivity index (χ4v) is 10.3. The molecular formula is C57H66ClN13O11. The molecule has 24 nitrogen and oxygen atoms in total. The zero-order valence-electron chi connectivity index (χ0n) is 45.2. The molecule has 0 spiro atoms. The number of imide groups is 1. The minimum atomic E-state index is -1.18. The molecule has 12 amide bonds. The number of primary amides is 2. The second-order valence-electron chi connectivity index (χ2n) is 20.3. The van der Waals surface area contributed by atoms with Gasteiger partial charge in [-0.1, -0.05) is 30.7 Å². The number of aromatic nitrogens is 1. The number of ether oxygens (including phenoxy) is 1. The molecule has 0 radical (unpaired) electrons. The fourth-order valence-electron chi connectivity index (χ4n) is 10.1. The predicted octanol–water partition coefficient (Wildman–Crippen LogP) is 4.59. The van der Waals surface area contributed by atoms with Crippen LogP contribution in [0.1, 0.15) is 83.7 Å². The molecule has 3 aliphatic heterocycles. The smallest absolute Gasteiger partial charge is 0.409 e. The average molecular weight is 1140 g/mol. The summed E-state index contributed by atoms with van der Waals surface area (Å²) < 4.78 is 6.05. The molecule has 0 unspecified atom stereocenters. The van der Waals surface area contributed by atoms with Gasteiger partial charge in [-0.2, -0.15) is 0 Å². The number of likely N-dealkylation sites (N-methyl/N-ethyl adjacent to an activating group) is 1. The zero-order chi connectivity index (χ0) is 58.5. The molecular weight excluding hydrogens is 1080 g/mol. The van der Waals surface area contributed by atoms with E-state index in [1.165, 1.54) is 36.4 Å². The van der Waals surface area contributed by atoms with Crippen LogP contribution < -0.4 is 53.0 Å². The highest BCUT2D eigenvalue weighted by atomic mass is 35.5. The largest absolute Gasteiger partial charge is 0.415 e. The number of alkyl halides is 1. The molecule has 1 fully saturated rings.